The van der Waals surface area contributed by atoms with Gasteiger partial charge in [-0.15, -0.1) is 0 Å². The van der Waals surface area contributed by atoms with E-state index in [0.29, 0.717) is 16.3 Å². The number of ether oxygens (including phenoxy) is 1. The minimum atomic E-state index is -0.911. The number of benzene rings is 2. The van der Waals surface area contributed by atoms with Gasteiger partial charge in [-0.3, -0.25) is 9.59 Å². The molecule has 4 atom stereocenters. The monoisotopic (exact) mass is 513 g/mol. The van der Waals surface area contributed by atoms with Crippen LogP contribution in [0.5, 0.6) is 0 Å². The highest BCUT2D eigenvalue weighted by atomic mass is 35.5. The highest BCUT2D eigenvalue weighted by Crippen LogP contribution is 2.41. The molecule has 3 amide bonds. The van der Waals surface area contributed by atoms with Crippen molar-refractivity contribution >= 4 is 35.2 Å². The topological polar surface area (TPSA) is 87.7 Å². The molecule has 8 heteroatoms. The van der Waals surface area contributed by atoms with Gasteiger partial charge in [-0.05, 0) is 71.1 Å². The van der Waals surface area contributed by atoms with Crippen LogP contribution in [0.25, 0.3) is 0 Å². The summed E-state index contributed by atoms with van der Waals surface area (Å²) in [5.41, 5.74) is 2.35. The third-order valence-electron chi connectivity index (χ3n) is 6.17. The molecular weight excluding hydrogens is 478 g/mol. The number of para-hydroxylation sites is 1. The lowest BCUT2D eigenvalue weighted by atomic mass is 10.0. The number of halogens is 1. The lowest BCUT2D eigenvalue weighted by Crippen LogP contribution is -2.52. The van der Waals surface area contributed by atoms with E-state index >= 15 is 0 Å². The van der Waals surface area contributed by atoms with Gasteiger partial charge in [-0.2, -0.15) is 0 Å². The number of hydrogen-bond acceptors (Lipinski definition) is 4. The summed E-state index contributed by atoms with van der Waals surface area (Å²) in [6.45, 7) is 12.7. The van der Waals surface area contributed by atoms with Crippen LogP contribution < -0.4 is 10.6 Å². The van der Waals surface area contributed by atoms with Crippen molar-refractivity contribution in [2.24, 2.45) is 5.92 Å². The van der Waals surface area contributed by atoms with Crippen LogP contribution in [0, 0.1) is 19.8 Å². The lowest BCUT2D eigenvalue weighted by Gasteiger charge is -2.34. The molecule has 2 aromatic carbocycles. The zero-order valence-corrected chi connectivity index (χ0v) is 22.8. The molecule has 0 heterocycles. The highest BCUT2D eigenvalue weighted by molar-refractivity contribution is 6.34. The van der Waals surface area contributed by atoms with Crippen LogP contribution in [-0.4, -0.2) is 40.5 Å². The van der Waals surface area contributed by atoms with E-state index in [1.54, 1.807) is 38.7 Å². The quantitative estimate of drug-likeness (QED) is 0.490. The van der Waals surface area contributed by atoms with Gasteiger partial charge in [-0.25, -0.2) is 4.79 Å². The summed E-state index contributed by atoms with van der Waals surface area (Å²) in [5.74, 6) is -0.496. The Labute approximate surface area is 218 Å². The van der Waals surface area contributed by atoms with Crippen LogP contribution in [0.3, 0.4) is 0 Å². The standard InChI is InChI=1S/C28H36ClN3O4/c1-16-11-13-20(14-12-16)24(25(33)31-23-17(2)9-8-10-21(23)29)32(22-15-18(22)3)26(34)19(4)30-27(35)36-28(5,6)7/h8-14,18-19,22,24H,15H2,1-7H3,(H,30,35)(H,31,33). The third-order valence-corrected chi connectivity index (χ3v) is 6.49. The SMILES string of the molecule is Cc1ccc(C(C(=O)Nc2c(C)cccc2Cl)N(C(=O)C(C)NC(=O)OC(C)(C)C)C2CC2C)cc1. The van der Waals surface area contributed by atoms with E-state index in [2.05, 4.69) is 10.6 Å². The molecule has 2 N–H and O–H groups in total. The van der Waals surface area contributed by atoms with Gasteiger partial charge >= 0.3 is 6.09 Å². The molecule has 3 rings (SSSR count). The van der Waals surface area contributed by atoms with Crippen LogP contribution in [0.4, 0.5) is 10.5 Å². The second-order valence-corrected chi connectivity index (χ2v) is 11.0. The first-order chi connectivity index (χ1) is 16.8. The van der Waals surface area contributed by atoms with Gasteiger partial charge in [0, 0.05) is 6.04 Å². The van der Waals surface area contributed by atoms with Crippen LogP contribution in [0.2, 0.25) is 5.02 Å². The number of rotatable bonds is 7. The van der Waals surface area contributed by atoms with Gasteiger partial charge in [0.15, 0.2) is 0 Å². The first kappa shape index (κ1) is 27.5. The van der Waals surface area contributed by atoms with Crippen molar-refractivity contribution in [1.82, 2.24) is 10.2 Å². The Morgan fingerprint density at radius 2 is 1.69 bits per heavy atom. The third kappa shape index (κ3) is 6.78. The van der Waals surface area contributed by atoms with E-state index in [9.17, 15) is 14.4 Å². The van der Waals surface area contributed by atoms with Crippen molar-refractivity contribution < 1.29 is 19.1 Å². The number of hydrogen-bond donors (Lipinski definition) is 2. The van der Waals surface area contributed by atoms with E-state index in [4.69, 9.17) is 16.3 Å². The average Bonchev–Trinajstić information content (AvgIpc) is 3.49. The molecule has 1 saturated carbocycles. The van der Waals surface area contributed by atoms with Gasteiger partial charge in [0.25, 0.3) is 5.91 Å². The zero-order chi connectivity index (χ0) is 26.8. The molecule has 0 aromatic heterocycles. The van der Waals surface area contributed by atoms with Gasteiger partial charge in [0.1, 0.15) is 17.7 Å². The van der Waals surface area contributed by atoms with Crippen LogP contribution >= 0.6 is 11.6 Å². The largest absolute Gasteiger partial charge is 0.444 e. The zero-order valence-electron chi connectivity index (χ0n) is 22.0. The summed E-state index contributed by atoms with van der Waals surface area (Å²) in [7, 11) is 0. The Kier molecular flexibility index (Phi) is 8.34. The fraction of sp³-hybridized carbons (Fsp3) is 0.464. The fourth-order valence-electron chi connectivity index (χ4n) is 4.11. The molecule has 7 nitrogen and oxygen atoms in total. The summed E-state index contributed by atoms with van der Waals surface area (Å²) in [6.07, 6.45) is 0.0845. The number of aryl methyl sites for hydroxylation is 2. The van der Waals surface area contributed by atoms with Gasteiger partial charge in [0.2, 0.25) is 5.91 Å². The molecule has 2 aromatic rings. The Hall–Kier alpha value is -3.06. The molecule has 1 aliphatic rings. The Bertz CT molecular complexity index is 1110. The molecule has 4 unspecified atom stereocenters. The minimum absolute atomic E-state index is 0.134. The molecule has 0 radical (unpaired) electrons. The van der Waals surface area contributed by atoms with Gasteiger partial charge < -0.3 is 20.3 Å². The lowest BCUT2D eigenvalue weighted by molar-refractivity contribution is -0.141. The number of amides is 3. The minimum Gasteiger partial charge on any atom is -0.444 e. The van der Waals surface area contributed by atoms with Crippen molar-refractivity contribution in [2.75, 3.05) is 5.32 Å². The average molecular weight is 514 g/mol. The number of anilines is 1. The van der Waals surface area contributed by atoms with E-state index in [1.165, 1.54) is 0 Å². The van der Waals surface area contributed by atoms with Crippen LogP contribution in [0.1, 0.15) is 63.8 Å². The predicted molar refractivity (Wildman–Crippen MR) is 142 cm³/mol. The van der Waals surface area contributed by atoms with E-state index in [0.717, 1.165) is 17.5 Å². The Balaban J connectivity index is 1.97. The Morgan fingerprint density at radius 3 is 2.22 bits per heavy atom. The number of nitrogens with one attached hydrogen (secondary N) is 2. The predicted octanol–water partition coefficient (Wildman–Crippen LogP) is 5.79. The summed E-state index contributed by atoms with van der Waals surface area (Å²) < 4.78 is 5.33. The smallest absolute Gasteiger partial charge is 0.408 e. The first-order valence-corrected chi connectivity index (χ1v) is 12.6. The summed E-state index contributed by atoms with van der Waals surface area (Å²) >= 11 is 6.39. The van der Waals surface area contributed by atoms with Crippen molar-refractivity contribution in [3.05, 3.63) is 64.2 Å². The van der Waals surface area contributed by atoms with Crippen molar-refractivity contribution in [1.29, 1.82) is 0 Å². The Morgan fingerprint density at radius 1 is 1.08 bits per heavy atom. The van der Waals surface area contributed by atoms with Crippen molar-refractivity contribution in [3.8, 4) is 0 Å². The normalized spacial score (nSPS) is 18.6. The van der Waals surface area contributed by atoms with E-state index < -0.39 is 23.8 Å². The van der Waals surface area contributed by atoms with Gasteiger partial charge in [-0.1, -0.05) is 60.5 Å². The number of alkyl carbamates (subject to hydrolysis) is 1. The number of carbonyl (C=O) groups is 3. The molecule has 1 aliphatic carbocycles. The molecular formula is C28H36ClN3O4. The second kappa shape index (κ2) is 10.9. The molecule has 0 spiro atoms. The van der Waals surface area contributed by atoms with Crippen molar-refractivity contribution in [2.45, 2.75) is 78.6 Å². The van der Waals surface area contributed by atoms with E-state index in [1.807, 2.05) is 57.2 Å². The summed E-state index contributed by atoms with van der Waals surface area (Å²) in [6, 6.07) is 11.0. The van der Waals surface area contributed by atoms with Crippen LogP contribution in [-0.2, 0) is 14.3 Å². The number of nitrogens with zero attached hydrogens (tertiary/aromatic N) is 1. The van der Waals surface area contributed by atoms with Crippen LogP contribution in [0.15, 0.2) is 42.5 Å². The molecule has 36 heavy (non-hydrogen) atoms. The molecule has 0 saturated heterocycles. The maximum absolute atomic E-state index is 13.8. The highest BCUT2D eigenvalue weighted by Gasteiger charge is 2.47. The maximum Gasteiger partial charge on any atom is 0.408 e. The first-order valence-electron chi connectivity index (χ1n) is 12.2. The van der Waals surface area contributed by atoms with Gasteiger partial charge in [0.05, 0.1) is 10.7 Å². The van der Waals surface area contributed by atoms with Crippen molar-refractivity contribution in [3.63, 3.8) is 0 Å². The maximum atomic E-state index is 13.8. The molecule has 0 bridgehead atoms. The fourth-order valence-corrected chi connectivity index (χ4v) is 4.38. The molecule has 194 valence electrons. The summed E-state index contributed by atoms with van der Waals surface area (Å²) in [5, 5.41) is 6.01. The number of carbonyl (C=O) groups excluding carboxylic acids is 3. The summed E-state index contributed by atoms with van der Waals surface area (Å²) in [4.78, 5) is 41.6. The van der Waals surface area contributed by atoms with E-state index in [-0.39, 0.29) is 23.8 Å². The second-order valence-electron chi connectivity index (χ2n) is 10.6. The molecule has 0 aliphatic heterocycles. The molecule has 1 fully saturated rings.